The molecule has 0 aromatic heterocycles. The third-order valence-electron chi connectivity index (χ3n) is 5.37. The Morgan fingerprint density at radius 2 is 1.83 bits per heavy atom. The van der Waals surface area contributed by atoms with Crippen LogP contribution in [0.1, 0.15) is 62.8 Å². The number of phenols is 1. The van der Waals surface area contributed by atoms with E-state index in [-0.39, 0.29) is 10.8 Å². The van der Waals surface area contributed by atoms with Crippen LogP contribution in [0.25, 0.3) is 6.08 Å². The average molecular weight is 320 g/mol. The maximum Gasteiger partial charge on any atom is 0.118 e. The topological polar surface area (TPSA) is 20.2 Å². The average Bonchev–Trinajstić information content (AvgIpc) is 2.53. The molecule has 0 aliphatic heterocycles. The third-order valence-corrected chi connectivity index (χ3v) is 5.37. The van der Waals surface area contributed by atoms with Crippen molar-refractivity contribution in [1.29, 1.82) is 0 Å². The summed E-state index contributed by atoms with van der Waals surface area (Å²) in [5.41, 5.74) is 5.35. The number of aryl methyl sites for hydroxylation is 1. The molecule has 1 N–H and O–H groups in total. The van der Waals surface area contributed by atoms with Gasteiger partial charge in [-0.15, -0.1) is 0 Å². The molecule has 0 heterocycles. The first-order valence-corrected chi connectivity index (χ1v) is 8.88. The molecule has 2 aromatic rings. The molecule has 24 heavy (non-hydrogen) atoms. The largest absolute Gasteiger partial charge is 0.508 e. The molecule has 1 heteroatoms. The second-order valence-electron chi connectivity index (χ2n) is 8.35. The Balaban J connectivity index is 1.85. The van der Waals surface area contributed by atoms with E-state index < -0.39 is 0 Å². The first kappa shape index (κ1) is 16.8. The standard InChI is InChI=1S/C23H28O/c1-22(2,3)19-11-12-21(24)18(16-19)13-15-23(4)14-7-9-17-8-5-6-10-20(17)23/h5-12,16,24H,13-15H2,1-4H3. The van der Waals surface area contributed by atoms with Crippen LogP contribution >= 0.6 is 0 Å². The van der Waals surface area contributed by atoms with Crippen molar-refractivity contribution < 1.29 is 5.11 Å². The highest BCUT2D eigenvalue weighted by Crippen LogP contribution is 2.40. The Labute approximate surface area is 146 Å². The first-order chi connectivity index (χ1) is 11.3. The normalized spacial score (nSPS) is 20.0. The van der Waals surface area contributed by atoms with E-state index >= 15 is 0 Å². The monoisotopic (exact) mass is 320 g/mol. The number of rotatable bonds is 3. The Bertz CT molecular complexity index is 764. The predicted molar refractivity (Wildman–Crippen MR) is 103 cm³/mol. The van der Waals surface area contributed by atoms with Crippen molar-refractivity contribution in [3.63, 3.8) is 0 Å². The third kappa shape index (κ3) is 3.26. The first-order valence-electron chi connectivity index (χ1n) is 8.88. The van der Waals surface area contributed by atoms with Gasteiger partial charge in [0.15, 0.2) is 0 Å². The van der Waals surface area contributed by atoms with Gasteiger partial charge in [0.2, 0.25) is 0 Å². The second kappa shape index (κ2) is 6.12. The maximum atomic E-state index is 10.3. The van der Waals surface area contributed by atoms with Crippen molar-refractivity contribution >= 4 is 6.08 Å². The molecule has 1 aliphatic rings. The molecule has 0 amide bonds. The van der Waals surface area contributed by atoms with Crippen LogP contribution in [-0.2, 0) is 17.3 Å². The molecule has 1 atom stereocenters. The van der Waals surface area contributed by atoms with Crippen molar-refractivity contribution in [3.8, 4) is 5.75 Å². The van der Waals surface area contributed by atoms with Crippen LogP contribution < -0.4 is 0 Å². The fourth-order valence-corrected chi connectivity index (χ4v) is 3.65. The zero-order chi connectivity index (χ0) is 17.4. The van der Waals surface area contributed by atoms with E-state index in [1.807, 2.05) is 12.1 Å². The Hall–Kier alpha value is -2.02. The molecule has 0 saturated carbocycles. The summed E-state index contributed by atoms with van der Waals surface area (Å²) >= 11 is 0. The highest BCUT2D eigenvalue weighted by molar-refractivity contribution is 5.59. The molecule has 0 fully saturated rings. The van der Waals surface area contributed by atoms with Gasteiger partial charge in [0.05, 0.1) is 0 Å². The molecule has 1 unspecified atom stereocenters. The summed E-state index contributed by atoms with van der Waals surface area (Å²) in [5.74, 6) is 0.422. The van der Waals surface area contributed by atoms with Crippen LogP contribution in [0.15, 0.2) is 48.5 Å². The lowest BCUT2D eigenvalue weighted by Gasteiger charge is -2.33. The number of aromatic hydroxyl groups is 1. The summed E-state index contributed by atoms with van der Waals surface area (Å²) in [4.78, 5) is 0. The van der Waals surface area contributed by atoms with Crippen LogP contribution in [0, 0.1) is 0 Å². The summed E-state index contributed by atoms with van der Waals surface area (Å²) in [6.07, 6.45) is 7.51. The number of allylic oxidation sites excluding steroid dienone is 1. The fraction of sp³-hybridized carbons (Fsp3) is 0.391. The number of hydrogen-bond acceptors (Lipinski definition) is 1. The number of phenolic OH excluding ortho intramolecular Hbond substituents is 1. The minimum atomic E-state index is 0.104. The molecule has 0 radical (unpaired) electrons. The highest BCUT2D eigenvalue weighted by atomic mass is 16.3. The lowest BCUT2D eigenvalue weighted by Crippen LogP contribution is -2.25. The quantitative estimate of drug-likeness (QED) is 0.735. The SMILES string of the molecule is CC(C)(C)c1ccc(O)c(CCC2(C)CC=Cc3ccccc32)c1. The molecule has 2 aromatic carbocycles. The van der Waals surface area contributed by atoms with Gasteiger partial charge in [-0.25, -0.2) is 0 Å². The molecular formula is C23H28O. The summed E-state index contributed by atoms with van der Waals surface area (Å²) in [5, 5.41) is 10.3. The van der Waals surface area contributed by atoms with Gasteiger partial charge in [-0.1, -0.05) is 76.2 Å². The van der Waals surface area contributed by atoms with Crippen LogP contribution in [-0.4, -0.2) is 5.11 Å². The second-order valence-corrected chi connectivity index (χ2v) is 8.35. The molecule has 3 rings (SSSR count). The highest BCUT2D eigenvalue weighted by Gasteiger charge is 2.29. The zero-order valence-electron chi connectivity index (χ0n) is 15.3. The van der Waals surface area contributed by atoms with E-state index in [1.165, 1.54) is 16.7 Å². The van der Waals surface area contributed by atoms with Gasteiger partial charge in [-0.3, -0.25) is 0 Å². The Morgan fingerprint density at radius 3 is 2.58 bits per heavy atom. The van der Waals surface area contributed by atoms with Crippen molar-refractivity contribution in [2.24, 2.45) is 0 Å². The van der Waals surface area contributed by atoms with Gasteiger partial charge in [0.25, 0.3) is 0 Å². The van der Waals surface area contributed by atoms with E-state index in [2.05, 4.69) is 70.2 Å². The van der Waals surface area contributed by atoms with Crippen LogP contribution in [0.4, 0.5) is 0 Å². The number of fused-ring (bicyclic) bond motifs is 1. The summed E-state index contributed by atoms with van der Waals surface area (Å²) < 4.78 is 0. The minimum absolute atomic E-state index is 0.104. The number of hydrogen-bond donors (Lipinski definition) is 1. The van der Waals surface area contributed by atoms with E-state index in [0.29, 0.717) is 5.75 Å². The molecule has 0 spiro atoms. The fourth-order valence-electron chi connectivity index (χ4n) is 3.65. The van der Waals surface area contributed by atoms with Crippen LogP contribution in [0.3, 0.4) is 0 Å². The zero-order valence-corrected chi connectivity index (χ0v) is 15.3. The minimum Gasteiger partial charge on any atom is -0.508 e. The molecular weight excluding hydrogens is 292 g/mol. The molecule has 1 nitrogen and oxygen atoms in total. The summed E-state index contributed by atoms with van der Waals surface area (Å²) in [6.45, 7) is 8.99. The predicted octanol–water partition coefficient (Wildman–Crippen LogP) is 6.00. The molecule has 0 saturated heterocycles. The lowest BCUT2D eigenvalue weighted by molar-refractivity contribution is 0.423. The summed E-state index contributed by atoms with van der Waals surface area (Å²) in [7, 11) is 0. The van der Waals surface area contributed by atoms with E-state index in [1.54, 1.807) is 0 Å². The molecule has 1 aliphatic carbocycles. The van der Waals surface area contributed by atoms with Crippen molar-refractivity contribution in [1.82, 2.24) is 0 Å². The van der Waals surface area contributed by atoms with Gasteiger partial charge >= 0.3 is 0 Å². The lowest BCUT2D eigenvalue weighted by atomic mass is 9.71. The van der Waals surface area contributed by atoms with E-state index in [4.69, 9.17) is 0 Å². The summed E-state index contributed by atoms with van der Waals surface area (Å²) in [6, 6.07) is 14.8. The van der Waals surface area contributed by atoms with Gasteiger partial charge in [-0.05, 0) is 58.4 Å². The number of benzene rings is 2. The smallest absolute Gasteiger partial charge is 0.118 e. The van der Waals surface area contributed by atoms with Crippen LogP contribution in [0.5, 0.6) is 5.75 Å². The van der Waals surface area contributed by atoms with E-state index in [0.717, 1.165) is 24.8 Å². The van der Waals surface area contributed by atoms with Crippen molar-refractivity contribution in [2.75, 3.05) is 0 Å². The maximum absolute atomic E-state index is 10.3. The van der Waals surface area contributed by atoms with Gasteiger partial charge in [0.1, 0.15) is 5.75 Å². The van der Waals surface area contributed by atoms with Gasteiger partial charge < -0.3 is 5.11 Å². The Kier molecular flexibility index (Phi) is 4.29. The van der Waals surface area contributed by atoms with Crippen molar-refractivity contribution in [3.05, 3.63) is 70.8 Å². The molecule has 0 bridgehead atoms. The van der Waals surface area contributed by atoms with Gasteiger partial charge in [0, 0.05) is 0 Å². The van der Waals surface area contributed by atoms with Crippen molar-refractivity contribution in [2.45, 2.75) is 57.8 Å². The van der Waals surface area contributed by atoms with E-state index in [9.17, 15) is 5.11 Å². The molecule has 126 valence electrons. The van der Waals surface area contributed by atoms with Gasteiger partial charge in [-0.2, -0.15) is 0 Å². The van der Waals surface area contributed by atoms with Crippen LogP contribution in [0.2, 0.25) is 0 Å². The Morgan fingerprint density at radius 1 is 1.08 bits per heavy atom.